The Labute approximate surface area is 128 Å². The molecule has 0 unspecified atom stereocenters. The fraction of sp³-hybridized carbons (Fsp3) is 0.714. The van der Waals surface area contributed by atoms with E-state index in [1.54, 1.807) is 0 Å². The van der Waals surface area contributed by atoms with Gasteiger partial charge in [0.2, 0.25) is 0 Å². The molecule has 0 saturated heterocycles. The lowest BCUT2D eigenvalue weighted by atomic mass is 9.63. The lowest BCUT2D eigenvalue weighted by Gasteiger charge is -2.45. The molecular formula is C14H21BrClN3. The van der Waals surface area contributed by atoms with Gasteiger partial charge in [-0.15, -0.1) is 0 Å². The molecule has 1 aromatic rings. The quantitative estimate of drug-likeness (QED) is 0.773. The Balaban J connectivity index is 2.16. The number of halogens is 2. The molecule has 3 nitrogen and oxygen atoms in total. The largest absolute Gasteiger partial charge is 0.366 e. The fourth-order valence-corrected chi connectivity index (χ4v) is 4.04. The van der Waals surface area contributed by atoms with E-state index in [1.807, 2.05) is 0 Å². The van der Waals surface area contributed by atoms with Crippen molar-refractivity contribution in [1.82, 2.24) is 9.97 Å². The van der Waals surface area contributed by atoms with Crippen molar-refractivity contribution in [3.8, 4) is 0 Å². The topological polar surface area (TPSA) is 37.8 Å². The van der Waals surface area contributed by atoms with Crippen LogP contribution in [0.1, 0.15) is 47.0 Å². The minimum absolute atomic E-state index is 0.350. The number of rotatable bonds is 2. The van der Waals surface area contributed by atoms with Crippen LogP contribution >= 0.6 is 27.5 Å². The van der Waals surface area contributed by atoms with Crippen LogP contribution in [-0.4, -0.2) is 16.0 Å². The molecule has 0 aliphatic heterocycles. The molecule has 2 rings (SSSR count). The Morgan fingerprint density at radius 3 is 2.37 bits per heavy atom. The SMILES string of the molecule is CC1(C)CC(Nc2ncnc(Cl)c2Br)CC(C)(C)C1. The summed E-state index contributed by atoms with van der Waals surface area (Å²) >= 11 is 9.45. The van der Waals surface area contributed by atoms with Gasteiger partial charge in [0.15, 0.2) is 0 Å². The zero-order chi connectivity index (χ0) is 14.3. The van der Waals surface area contributed by atoms with Gasteiger partial charge in [0.05, 0.1) is 4.47 Å². The second kappa shape index (κ2) is 5.21. The van der Waals surface area contributed by atoms with Crippen LogP contribution < -0.4 is 5.32 Å². The Morgan fingerprint density at radius 2 is 1.79 bits per heavy atom. The van der Waals surface area contributed by atoms with Crippen molar-refractivity contribution in [3.63, 3.8) is 0 Å². The van der Waals surface area contributed by atoms with Gasteiger partial charge in [-0.1, -0.05) is 39.3 Å². The van der Waals surface area contributed by atoms with E-state index >= 15 is 0 Å². The molecule has 1 aromatic heterocycles. The number of nitrogens with one attached hydrogen (secondary N) is 1. The van der Waals surface area contributed by atoms with Crippen LogP contribution in [0, 0.1) is 10.8 Å². The summed E-state index contributed by atoms with van der Waals surface area (Å²) in [6.45, 7) is 9.35. The van der Waals surface area contributed by atoms with E-state index in [0.717, 1.165) is 23.1 Å². The van der Waals surface area contributed by atoms with E-state index in [9.17, 15) is 0 Å². The molecule has 0 bridgehead atoms. The van der Waals surface area contributed by atoms with Gasteiger partial charge in [0.1, 0.15) is 17.3 Å². The molecule has 0 aromatic carbocycles. The van der Waals surface area contributed by atoms with E-state index in [1.165, 1.54) is 12.7 Å². The van der Waals surface area contributed by atoms with Gasteiger partial charge >= 0.3 is 0 Å². The summed E-state index contributed by atoms with van der Waals surface area (Å²) < 4.78 is 0.748. The lowest BCUT2D eigenvalue weighted by molar-refractivity contribution is 0.105. The van der Waals surface area contributed by atoms with Gasteiger partial charge in [-0.2, -0.15) is 0 Å². The van der Waals surface area contributed by atoms with E-state index in [-0.39, 0.29) is 0 Å². The van der Waals surface area contributed by atoms with Crippen molar-refractivity contribution in [1.29, 1.82) is 0 Å². The highest BCUT2D eigenvalue weighted by molar-refractivity contribution is 9.10. The number of aromatic nitrogens is 2. The number of nitrogens with zero attached hydrogens (tertiary/aromatic N) is 2. The molecule has 1 heterocycles. The van der Waals surface area contributed by atoms with E-state index in [0.29, 0.717) is 22.0 Å². The summed E-state index contributed by atoms with van der Waals surface area (Å²) in [6.07, 6.45) is 5.04. The van der Waals surface area contributed by atoms with Crippen LogP contribution in [0.15, 0.2) is 10.8 Å². The summed E-state index contributed by atoms with van der Waals surface area (Å²) in [4.78, 5) is 8.23. The maximum atomic E-state index is 6.01. The average molecular weight is 347 g/mol. The second-order valence-corrected chi connectivity index (χ2v) is 8.23. The third-order valence-corrected chi connectivity index (χ3v) is 4.91. The Hall–Kier alpha value is -0.350. The van der Waals surface area contributed by atoms with Crippen molar-refractivity contribution in [3.05, 3.63) is 16.0 Å². The van der Waals surface area contributed by atoms with Gasteiger partial charge in [0, 0.05) is 6.04 Å². The zero-order valence-corrected chi connectivity index (χ0v) is 14.3. The Kier molecular flexibility index (Phi) is 4.12. The molecule has 0 spiro atoms. The first-order valence-electron chi connectivity index (χ1n) is 6.61. The zero-order valence-electron chi connectivity index (χ0n) is 11.9. The molecule has 0 atom stereocenters. The van der Waals surface area contributed by atoms with Crippen molar-refractivity contribution >= 4 is 33.3 Å². The van der Waals surface area contributed by atoms with Crippen LogP contribution in [0.5, 0.6) is 0 Å². The maximum absolute atomic E-state index is 6.01. The highest BCUT2D eigenvalue weighted by Gasteiger charge is 2.38. The summed E-state index contributed by atoms with van der Waals surface area (Å²) in [5.41, 5.74) is 0.700. The summed E-state index contributed by atoms with van der Waals surface area (Å²) in [5, 5.41) is 3.97. The van der Waals surface area contributed by atoms with Crippen LogP contribution in [0.25, 0.3) is 0 Å². The highest BCUT2D eigenvalue weighted by Crippen LogP contribution is 2.46. The molecule has 1 aliphatic carbocycles. The van der Waals surface area contributed by atoms with Gasteiger partial charge in [-0.25, -0.2) is 9.97 Å². The third-order valence-electron chi connectivity index (χ3n) is 3.64. The molecule has 0 radical (unpaired) electrons. The van der Waals surface area contributed by atoms with Crippen molar-refractivity contribution in [2.75, 3.05) is 5.32 Å². The second-order valence-electron chi connectivity index (χ2n) is 7.08. The summed E-state index contributed by atoms with van der Waals surface area (Å²) in [5.74, 6) is 0.790. The first-order valence-corrected chi connectivity index (χ1v) is 7.78. The van der Waals surface area contributed by atoms with E-state index < -0.39 is 0 Å². The standard InChI is InChI=1S/C14H21BrClN3/c1-13(2)5-9(6-14(3,4)7-13)19-12-10(15)11(16)17-8-18-12/h8-9H,5-7H2,1-4H3,(H,17,18,19). The van der Waals surface area contributed by atoms with Gasteiger partial charge in [-0.3, -0.25) is 0 Å². The number of hydrogen-bond donors (Lipinski definition) is 1. The average Bonchev–Trinajstić information content (AvgIpc) is 2.20. The van der Waals surface area contributed by atoms with Crippen LogP contribution in [0.2, 0.25) is 5.15 Å². The Bertz CT molecular complexity index is 458. The Morgan fingerprint density at radius 1 is 1.21 bits per heavy atom. The fourth-order valence-electron chi connectivity index (χ4n) is 3.59. The van der Waals surface area contributed by atoms with Crippen molar-refractivity contribution in [2.45, 2.75) is 53.0 Å². The van der Waals surface area contributed by atoms with Crippen molar-refractivity contribution in [2.24, 2.45) is 10.8 Å². The minimum Gasteiger partial charge on any atom is -0.366 e. The summed E-state index contributed by atoms with van der Waals surface area (Å²) in [6, 6.07) is 0.418. The molecule has 1 saturated carbocycles. The van der Waals surface area contributed by atoms with E-state index in [2.05, 4.69) is 58.9 Å². The molecule has 1 N–H and O–H groups in total. The van der Waals surface area contributed by atoms with Gasteiger partial charge in [-0.05, 0) is 46.0 Å². The highest BCUT2D eigenvalue weighted by atomic mass is 79.9. The molecule has 19 heavy (non-hydrogen) atoms. The van der Waals surface area contributed by atoms with Crippen molar-refractivity contribution < 1.29 is 0 Å². The first-order chi connectivity index (χ1) is 8.69. The van der Waals surface area contributed by atoms with Crippen LogP contribution in [-0.2, 0) is 0 Å². The molecular weight excluding hydrogens is 326 g/mol. The predicted molar refractivity (Wildman–Crippen MR) is 83.6 cm³/mol. The number of anilines is 1. The van der Waals surface area contributed by atoms with E-state index in [4.69, 9.17) is 11.6 Å². The van der Waals surface area contributed by atoms with Gasteiger partial charge in [0.25, 0.3) is 0 Å². The minimum atomic E-state index is 0.350. The third kappa shape index (κ3) is 3.82. The van der Waals surface area contributed by atoms with Crippen LogP contribution in [0.4, 0.5) is 5.82 Å². The predicted octanol–water partition coefficient (Wildman–Crippen LogP) is 4.91. The molecule has 1 aliphatic rings. The summed E-state index contributed by atoms with van der Waals surface area (Å²) in [7, 11) is 0. The number of hydrogen-bond acceptors (Lipinski definition) is 3. The molecule has 1 fully saturated rings. The monoisotopic (exact) mass is 345 g/mol. The van der Waals surface area contributed by atoms with Crippen LogP contribution in [0.3, 0.4) is 0 Å². The maximum Gasteiger partial charge on any atom is 0.148 e. The molecule has 5 heteroatoms. The van der Waals surface area contributed by atoms with Gasteiger partial charge < -0.3 is 5.32 Å². The normalized spacial score (nSPS) is 22.2. The molecule has 0 amide bonds. The molecule has 106 valence electrons. The lowest BCUT2D eigenvalue weighted by Crippen LogP contribution is -2.40. The smallest absolute Gasteiger partial charge is 0.148 e. The first kappa shape index (κ1) is 15.0.